The Labute approximate surface area is 96.8 Å². The minimum atomic E-state index is 0.853. The van der Waals surface area contributed by atoms with Crippen molar-refractivity contribution in [3.63, 3.8) is 0 Å². The summed E-state index contributed by atoms with van der Waals surface area (Å²) in [5.74, 6) is 0.864. The minimum Gasteiger partial charge on any atom is -0.385 e. The first-order chi connectivity index (χ1) is 7.27. The molecule has 1 aliphatic rings. The molecular weight excluding hydrogens is 206 g/mol. The predicted octanol–water partition coefficient (Wildman–Crippen LogP) is 4.25. The summed E-state index contributed by atoms with van der Waals surface area (Å²) in [5.41, 5.74) is 2.35. The first kappa shape index (κ1) is 10.8. The normalized spacial score (nSPS) is 16.9. The monoisotopic (exact) mass is 223 g/mol. The molecule has 0 bridgehead atoms. The maximum Gasteiger partial charge on any atom is 0.0455 e. The van der Waals surface area contributed by atoms with E-state index < -0.39 is 0 Å². The fourth-order valence-corrected chi connectivity index (χ4v) is 2.44. The van der Waals surface area contributed by atoms with Crippen molar-refractivity contribution in [2.75, 3.05) is 11.9 Å². The van der Waals surface area contributed by atoms with Crippen LogP contribution in [0.5, 0.6) is 0 Å². The highest BCUT2D eigenvalue weighted by atomic mass is 35.5. The Morgan fingerprint density at radius 3 is 2.80 bits per heavy atom. The van der Waals surface area contributed by atoms with Crippen LogP contribution in [-0.2, 0) is 0 Å². The Bertz CT molecular complexity index is 329. The van der Waals surface area contributed by atoms with Crippen LogP contribution in [0.25, 0.3) is 0 Å². The van der Waals surface area contributed by atoms with Crippen molar-refractivity contribution >= 4 is 17.3 Å². The van der Waals surface area contributed by atoms with E-state index in [1.165, 1.54) is 31.4 Å². The summed E-state index contributed by atoms with van der Waals surface area (Å²) in [5, 5.41) is 4.36. The van der Waals surface area contributed by atoms with E-state index in [2.05, 4.69) is 18.3 Å². The first-order valence-corrected chi connectivity index (χ1v) is 6.14. The number of nitrogens with one attached hydrogen (secondary N) is 1. The number of anilines is 1. The molecule has 1 fully saturated rings. The molecule has 0 aromatic heterocycles. The molecule has 2 heteroatoms. The molecule has 0 spiro atoms. The molecule has 0 amide bonds. The zero-order valence-corrected chi connectivity index (χ0v) is 9.98. The van der Waals surface area contributed by atoms with Gasteiger partial charge in [0.05, 0.1) is 0 Å². The number of hydrogen-bond donors (Lipinski definition) is 1. The predicted molar refractivity (Wildman–Crippen MR) is 66.6 cm³/mol. The van der Waals surface area contributed by atoms with E-state index in [-0.39, 0.29) is 0 Å². The van der Waals surface area contributed by atoms with Gasteiger partial charge in [0.25, 0.3) is 0 Å². The van der Waals surface area contributed by atoms with Crippen LogP contribution < -0.4 is 5.32 Å². The van der Waals surface area contributed by atoms with Crippen LogP contribution >= 0.6 is 11.6 Å². The van der Waals surface area contributed by atoms with Gasteiger partial charge in [-0.3, -0.25) is 0 Å². The van der Waals surface area contributed by atoms with Crippen molar-refractivity contribution in [1.29, 1.82) is 0 Å². The summed E-state index contributed by atoms with van der Waals surface area (Å²) in [6.07, 6.45) is 5.57. The van der Waals surface area contributed by atoms with E-state index >= 15 is 0 Å². The molecule has 0 unspecified atom stereocenters. The SMILES string of the molecule is Cc1c(Cl)cccc1NCC1CCCC1. The molecule has 0 aliphatic heterocycles. The number of halogens is 1. The van der Waals surface area contributed by atoms with E-state index in [0.29, 0.717) is 0 Å². The van der Waals surface area contributed by atoms with Crippen molar-refractivity contribution in [2.45, 2.75) is 32.6 Å². The molecule has 15 heavy (non-hydrogen) atoms. The van der Waals surface area contributed by atoms with Gasteiger partial charge in [-0.15, -0.1) is 0 Å². The zero-order valence-electron chi connectivity index (χ0n) is 9.22. The van der Waals surface area contributed by atoms with Gasteiger partial charge in [-0.1, -0.05) is 30.5 Å². The quantitative estimate of drug-likeness (QED) is 0.808. The maximum absolute atomic E-state index is 6.07. The molecule has 1 nitrogen and oxygen atoms in total. The molecule has 1 aromatic carbocycles. The fourth-order valence-electron chi connectivity index (χ4n) is 2.27. The standard InChI is InChI=1S/C13H18ClN/c1-10-12(14)7-4-8-13(10)15-9-11-5-2-3-6-11/h4,7-8,11,15H,2-3,5-6,9H2,1H3. The topological polar surface area (TPSA) is 12.0 Å². The van der Waals surface area contributed by atoms with Gasteiger partial charge in [0.15, 0.2) is 0 Å². The van der Waals surface area contributed by atoms with Crippen LogP contribution in [0.1, 0.15) is 31.2 Å². The third-order valence-electron chi connectivity index (χ3n) is 3.32. The lowest BCUT2D eigenvalue weighted by atomic mass is 10.1. The van der Waals surface area contributed by atoms with Gasteiger partial charge in [-0.25, -0.2) is 0 Å². The largest absolute Gasteiger partial charge is 0.385 e. The molecule has 0 atom stereocenters. The lowest BCUT2D eigenvalue weighted by molar-refractivity contribution is 0.580. The van der Waals surface area contributed by atoms with E-state index in [1.54, 1.807) is 0 Å². The molecule has 2 rings (SSSR count). The average Bonchev–Trinajstić information content (AvgIpc) is 2.73. The molecule has 1 aromatic rings. The summed E-state index contributed by atoms with van der Waals surface area (Å²) >= 11 is 6.07. The van der Waals surface area contributed by atoms with E-state index in [1.807, 2.05) is 12.1 Å². The Hall–Kier alpha value is -0.690. The molecule has 1 N–H and O–H groups in total. The van der Waals surface area contributed by atoms with Gasteiger partial charge >= 0.3 is 0 Å². The highest BCUT2D eigenvalue weighted by Crippen LogP contribution is 2.27. The van der Waals surface area contributed by atoms with Crippen LogP contribution in [0.15, 0.2) is 18.2 Å². The molecule has 82 valence electrons. The average molecular weight is 224 g/mol. The van der Waals surface area contributed by atoms with Crippen molar-refractivity contribution in [2.24, 2.45) is 5.92 Å². The molecule has 1 saturated carbocycles. The minimum absolute atomic E-state index is 0.853. The van der Waals surface area contributed by atoms with Gasteiger partial charge in [0.2, 0.25) is 0 Å². The van der Waals surface area contributed by atoms with Crippen molar-refractivity contribution < 1.29 is 0 Å². The zero-order chi connectivity index (χ0) is 10.7. The van der Waals surface area contributed by atoms with Crippen LogP contribution in [0.4, 0.5) is 5.69 Å². The van der Waals surface area contributed by atoms with Gasteiger partial charge in [-0.05, 0) is 43.4 Å². The van der Waals surface area contributed by atoms with E-state index in [4.69, 9.17) is 11.6 Å². The molecule has 0 heterocycles. The smallest absolute Gasteiger partial charge is 0.0455 e. The lowest BCUT2D eigenvalue weighted by Gasteiger charge is -2.14. The number of benzene rings is 1. The van der Waals surface area contributed by atoms with Gasteiger partial charge in [-0.2, -0.15) is 0 Å². The molecule has 1 aliphatic carbocycles. The molecular formula is C13H18ClN. The van der Waals surface area contributed by atoms with Crippen LogP contribution in [0.3, 0.4) is 0 Å². The number of rotatable bonds is 3. The van der Waals surface area contributed by atoms with Gasteiger partial charge in [0.1, 0.15) is 0 Å². The number of hydrogen-bond acceptors (Lipinski definition) is 1. The Morgan fingerprint density at radius 1 is 1.33 bits per heavy atom. The third kappa shape index (κ3) is 2.66. The van der Waals surface area contributed by atoms with E-state index in [9.17, 15) is 0 Å². The van der Waals surface area contributed by atoms with Crippen LogP contribution in [0.2, 0.25) is 5.02 Å². The van der Waals surface area contributed by atoms with Gasteiger partial charge in [0, 0.05) is 17.3 Å². The second-order valence-corrected chi connectivity index (χ2v) is 4.85. The summed E-state index contributed by atoms with van der Waals surface area (Å²) in [7, 11) is 0. The summed E-state index contributed by atoms with van der Waals surface area (Å²) < 4.78 is 0. The van der Waals surface area contributed by atoms with Crippen molar-refractivity contribution in [1.82, 2.24) is 0 Å². The third-order valence-corrected chi connectivity index (χ3v) is 3.73. The first-order valence-electron chi connectivity index (χ1n) is 5.76. The van der Waals surface area contributed by atoms with Crippen LogP contribution in [-0.4, -0.2) is 6.54 Å². The Balaban J connectivity index is 1.95. The van der Waals surface area contributed by atoms with E-state index in [0.717, 1.165) is 23.0 Å². The summed E-state index contributed by atoms with van der Waals surface area (Å²) in [6, 6.07) is 6.06. The molecule has 0 saturated heterocycles. The fraction of sp³-hybridized carbons (Fsp3) is 0.538. The van der Waals surface area contributed by atoms with Crippen molar-refractivity contribution in [3.05, 3.63) is 28.8 Å². The molecule has 0 radical (unpaired) electrons. The second kappa shape index (κ2) is 4.89. The Kier molecular flexibility index (Phi) is 3.53. The maximum atomic E-state index is 6.07. The van der Waals surface area contributed by atoms with Crippen molar-refractivity contribution in [3.8, 4) is 0 Å². The summed E-state index contributed by atoms with van der Waals surface area (Å²) in [4.78, 5) is 0. The van der Waals surface area contributed by atoms with Crippen LogP contribution in [0, 0.1) is 12.8 Å². The van der Waals surface area contributed by atoms with Gasteiger partial charge < -0.3 is 5.32 Å². The lowest BCUT2D eigenvalue weighted by Crippen LogP contribution is -2.11. The highest BCUT2D eigenvalue weighted by Gasteiger charge is 2.14. The summed E-state index contributed by atoms with van der Waals surface area (Å²) in [6.45, 7) is 3.17. The highest BCUT2D eigenvalue weighted by molar-refractivity contribution is 6.31. The Morgan fingerprint density at radius 2 is 2.07 bits per heavy atom. The second-order valence-electron chi connectivity index (χ2n) is 4.44.